The van der Waals surface area contributed by atoms with E-state index in [1.807, 2.05) is 0 Å². The fourth-order valence-electron chi connectivity index (χ4n) is 1.72. The van der Waals surface area contributed by atoms with Crippen molar-refractivity contribution in [2.24, 2.45) is 0 Å². The van der Waals surface area contributed by atoms with Crippen LogP contribution in [-0.2, 0) is 0 Å². The predicted octanol–water partition coefficient (Wildman–Crippen LogP) is -2.29. The van der Waals surface area contributed by atoms with Gasteiger partial charge in [-0.3, -0.25) is 4.79 Å². The van der Waals surface area contributed by atoms with Gasteiger partial charge in [-0.15, -0.1) is 0 Å². The number of hydrogen-bond donors (Lipinski definition) is 3. The molecule has 112 valence electrons. The topological polar surface area (TPSA) is 127 Å². The van der Waals surface area contributed by atoms with Crippen molar-refractivity contribution < 1.29 is 59.3 Å². The number of carboxylic acid groups (broad SMARTS) is 2. The van der Waals surface area contributed by atoms with Gasteiger partial charge in [0.05, 0.1) is 17.2 Å². The summed E-state index contributed by atoms with van der Waals surface area (Å²) in [7, 11) is 0. The molecule has 0 aliphatic heterocycles. The maximum absolute atomic E-state index is 12.0. The van der Waals surface area contributed by atoms with Crippen molar-refractivity contribution in [2.75, 3.05) is 5.32 Å². The van der Waals surface area contributed by atoms with Crippen LogP contribution in [0.15, 0.2) is 42.5 Å². The van der Waals surface area contributed by atoms with Crippen molar-refractivity contribution in [1.82, 2.24) is 0 Å². The molecule has 0 aliphatic rings. The Bertz CT molecular complexity index is 757. The number of aromatic carboxylic acids is 2. The number of rotatable bonds is 4. The minimum absolute atomic E-state index is 0. The van der Waals surface area contributed by atoms with Gasteiger partial charge in [0.2, 0.25) is 0 Å². The minimum atomic E-state index is -1.44. The molecule has 2 rings (SSSR count). The monoisotopic (exact) mass is 323 g/mol. The first-order valence-electron chi connectivity index (χ1n) is 6.07. The molecular weight excluding hydrogens is 313 g/mol. The molecule has 23 heavy (non-hydrogen) atoms. The molecule has 0 bridgehead atoms. The molecule has 0 unspecified atom stereocenters. The normalized spacial score (nSPS) is 9.57. The Morgan fingerprint density at radius 2 is 1.43 bits per heavy atom. The quantitative estimate of drug-likeness (QED) is 0.429. The van der Waals surface area contributed by atoms with Gasteiger partial charge in [0, 0.05) is 5.56 Å². The smallest absolute Gasteiger partial charge is 0.545 e. The molecule has 0 fully saturated rings. The van der Waals surface area contributed by atoms with Gasteiger partial charge in [-0.1, -0.05) is 0 Å². The van der Waals surface area contributed by atoms with Crippen LogP contribution in [-0.4, -0.2) is 28.1 Å². The fraction of sp³-hybridized carbons (Fsp3) is 0. The van der Waals surface area contributed by atoms with E-state index >= 15 is 0 Å². The first-order chi connectivity index (χ1) is 10.4. The van der Waals surface area contributed by atoms with Gasteiger partial charge < -0.3 is 25.4 Å². The second-order valence-corrected chi connectivity index (χ2v) is 4.36. The van der Waals surface area contributed by atoms with E-state index in [4.69, 9.17) is 5.11 Å². The molecule has 0 radical (unpaired) electrons. The van der Waals surface area contributed by atoms with E-state index in [0.29, 0.717) is 0 Å². The molecule has 8 heteroatoms. The molecular formula is C15H10NNaO6. The molecule has 0 aromatic heterocycles. The van der Waals surface area contributed by atoms with Crippen molar-refractivity contribution in [3.8, 4) is 5.75 Å². The Balaban J connectivity index is 0.00000264. The average Bonchev–Trinajstić information content (AvgIpc) is 2.49. The van der Waals surface area contributed by atoms with Crippen LogP contribution in [0.5, 0.6) is 5.75 Å². The van der Waals surface area contributed by atoms with Gasteiger partial charge in [0.15, 0.2) is 0 Å². The van der Waals surface area contributed by atoms with Crippen LogP contribution in [0, 0.1) is 0 Å². The standard InChI is InChI=1S/C15H11NO6.Na/c17-12-6-5-10(15(21)22)7-11(12)16-13(18)8-1-3-9(4-2-8)14(19)20;/h1-7,17H,(H,16,18)(H,19,20)(H,21,22);/q;+1/p-1. The first-order valence-corrected chi connectivity index (χ1v) is 6.07. The third-order valence-electron chi connectivity index (χ3n) is 2.87. The maximum atomic E-state index is 12.0. The number of amides is 1. The number of benzene rings is 2. The van der Waals surface area contributed by atoms with E-state index in [9.17, 15) is 24.6 Å². The molecule has 2 aromatic rings. The molecule has 0 spiro atoms. The second-order valence-electron chi connectivity index (χ2n) is 4.36. The number of anilines is 1. The summed E-state index contributed by atoms with van der Waals surface area (Å²) < 4.78 is 0. The maximum Gasteiger partial charge on any atom is 1.00 e. The second kappa shape index (κ2) is 7.77. The van der Waals surface area contributed by atoms with Crippen LogP contribution < -0.4 is 40.0 Å². The van der Waals surface area contributed by atoms with Crippen LogP contribution in [0.3, 0.4) is 0 Å². The predicted molar refractivity (Wildman–Crippen MR) is 73.8 cm³/mol. The van der Waals surface area contributed by atoms with Crippen molar-refractivity contribution in [3.05, 3.63) is 59.2 Å². The zero-order valence-electron chi connectivity index (χ0n) is 12.1. The summed E-state index contributed by atoms with van der Waals surface area (Å²) in [5, 5.41) is 31.5. The van der Waals surface area contributed by atoms with Gasteiger partial charge in [-0.2, -0.15) is 0 Å². The van der Waals surface area contributed by atoms with E-state index in [2.05, 4.69) is 5.32 Å². The molecule has 0 aliphatic carbocycles. The average molecular weight is 323 g/mol. The number of aromatic hydroxyl groups is 1. The Hall–Kier alpha value is -2.35. The summed E-state index contributed by atoms with van der Waals surface area (Å²) in [6.45, 7) is 0. The Morgan fingerprint density at radius 1 is 0.913 bits per heavy atom. The van der Waals surface area contributed by atoms with Gasteiger partial charge >= 0.3 is 35.5 Å². The third kappa shape index (κ3) is 4.56. The zero-order valence-corrected chi connectivity index (χ0v) is 14.1. The van der Waals surface area contributed by atoms with Gasteiger partial charge in [-0.05, 0) is 48.0 Å². The molecule has 0 heterocycles. The number of phenolic OH excluding ortho intramolecular Hbond substituents is 1. The van der Waals surface area contributed by atoms with Gasteiger partial charge in [0.25, 0.3) is 5.91 Å². The third-order valence-corrected chi connectivity index (χ3v) is 2.87. The van der Waals surface area contributed by atoms with Gasteiger partial charge in [-0.25, -0.2) is 4.79 Å². The van der Waals surface area contributed by atoms with E-state index in [-0.39, 0.29) is 57.7 Å². The molecule has 1 amide bonds. The Kier molecular flexibility index (Phi) is 6.32. The van der Waals surface area contributed by atoms with Crippen LogP contribution in [0.1, 0.15) is 31.1 Å². The van der Waals surface area contributed by atoms with Crippen LogP contribution >= 0.6 is 0 Å². The summed E-state index contributed by atoms with van der Waals surface area (Å²) in [5.74, 6) is -3.49. The summed E-state index contributed by atoms with van der Waals surface area (Å²) >= 11 is 0. The number of phenols is 1. The summed E-state index contributed by atoms with van der Waals surface area (Å²) in [4.78, 5) is 33.5. The van der Waals surface area contributed by atoms with Crippen LogP contribution in [0.4, 0.5) is 5.69 Å². The van der Waals surface area contributed by atoms with E-state index < -0.39 is 17.8 Å². The van der Waals surface area contributed by atoms with Gasteiger partial charge in [0.1, 0.15) is 5.75 Å². The summed E-state index contributed by atoms with van der Waals surface area (Å²) in [6.07, 6.45) is 0. The summed E-state index contributed by atoms with van der Waals surface area (Å²) in [5.41, 5.74) is -0.107. The van der Waals surface area contributed by atoms with Crippen LogP contribution in [0.2, 0.25) is 0 Å². The number of carbonyl (C=O) groups excluding carboxylic acids is 2. The van der Waals surface area contributed by atoms with E-state index in [1.165, 1.54) is 24.3 Å². The number of carbonyl (C=O) groups is 3. The van der Waals surface area contributed by atoms with Crippen molar-refractivity contribution in [2.45, 2.75) is 0 Å². The van der Waals surface area contributed by atoms with E-state index in [1.54, 1.807) is 0 Å². The Labute approximate surface area is 152 Å². The minimum Gasteiger partial charge on any atom is -0.545 e. The molecule has 3 N–H and O–H groups in total. The molecule has 7 nitrogen and oxygen atoms in total. The summed E-state index contributed by atoms with van der Waals surface area (Å²) in [6, 6.07) is 8.45. The molecule has 0 atom stereocenters. The Morgan fingerprint density at radius 3 is 1.96 bits per heavy atom. The molecule has 0 saturated carbocycles. The van der Waals surface area contributed by atoms with Crippen molar-refractivity contribution in [1.29, 1.82) is 0 Å². The molecule has 2 aromatic carbocycles. The number of nitrogens with one attached hydrogen (secondary N) is 1. The number of hydrogen-bond acceptors (Lipinski definition) is 5. The largest absolute Gasteiger partial charge is 1.00 e. The first kappa shape index (κ1) is 18.7. The number of carboxylic acids is 2. The van der Waals surface area contributed by atoms with Crippen molar-refractivity contribution in [3.63, 3.8) is 0 Å². The van der Waals surface area contributed by atoms with Crippen LogP contribution in [0.25, 0.3) is 0 Å². The van der Waals surface area contributed by atoms with Crippen molar-refractivity contribution >= 4 is 23.5 Å². The zero-order chi connectivity index (χ0) is 16.3. The molecule has 0 saturated heterocycles. The fourth-order valence-corrected chi connectivity index (χ4v) is 1.72. The van der Waals surface area contributed by atoms with E-state index in [0.717, 1.165) is 18.2 Å². The SMILES string of the molecule is O=C([O-])c1ccc(O)c(NC(=O)c2ccc(C(=O)O)cc2)c1.[Na+].